The van der Waals surface area contributed by atoms with Gasteiger partial charge in [-0.3, -0.25) is 0 Å². The number of nitrogens with zero attached hydrogens (tertiary/aromatic N) is 2. The molecule has 1 heterocycles. The summed E-state index contributed by atoms with van der Waals surface area (Å²) in [6.07, 6.45) is 4.41. The van der Waals surface area contributed by atoms with E-state index in [9.17, 15) is 9.50 Å². The quantitative estimate of drug-likeness (QED) is 0.602. The highest BCUT2D eigenvalue weighted by molar-refractivity contribution is 6.28. The maximum absolute atomic E-state index is 13.6. The molecule has 0 saturated carbocycles. The molecule has 0 aliphatic carbocycles. The summed E-state index contributed by atoms with van der Waals surface area (Å²) in [5, 5.41) is 12.0. The fourth-order valence-corrected chi connectivity index (χ4v) is 2.03. The zero-order valence-electron chi connectivity index (χ0n) is 13.7. The Bertz CT molecular complexity index is 606. The van der Waals surface area contributed by atoms with E-state index >= 15 is 0 Å². The Balaban J connectivity index is 0.000000463. The minimum atomic E-state index is -0.695. The predicted molar refractivity (Wildman–Crippen MR) is 92.9 cm³/mol. The van der Waals surface area contributed by atoms with Gasteiger partial charge in [0.1, 0.15) is 11.9 Å². The van der Waals surface area contributed by atoms with Crippen LogP contribution in [-0.4, -0.2) is 21.3 Å². The number of benzene rings is 1. The Kier molecular flexibility index (Phi) is 8.51. The van der Waals surface area contributed by atoms with Crippen LogP contribution in [-0.2, 0) is 0 Å². The summed E-state index contributed by atoms with van der Waals surface area (Å²) < 4.78 is 13.6. The summed E-state index contributed by atoms with van der Waals surface area (Å²) in [5.41, 5.74) is 1.35. The Morgan fingerprint density at radius 1 is 1.30 bits per heavy atom. The number of hydrogen-bond donors (Lipinski definition) is 2. The number of halogens is 2. The standard InChI is InChI=1S/C12H11ClFN3O.C5H12/c1-7(18)16-9-4-2-3-8(5-9)11-10(14)6-15-12(13)17-11;1-3-5-4-2/h2-7,16,18H,1H3;3-5H2,1-2H3. The van der Waals surface area contributed by atoms with Gasteiger partial charge in [-0.2, -0.15) is 0 Å². The number of unbranched alkanes of at least 4 members (excludes halogenated alkanes) is 2. The molecule has 0 aliphatic rings. The zero-order valence-corrected chi connectivity index (χ0v) is 14.4. The van der Waals surface area contributed by atoms with E-state index in [1.165, 1.54) is 19.3 Å². The highest BCUT2D eigenvalue weighted by atomic mass is 35.5. The molecule has 0 spiro atoms. The van der Waals surface area contributed by atoms with Crippen molar-refractivity contribution in [2.45, 2.75) is 46.3 Å². The fourth-order valence-electron chi connectivity index (χ4n) is 1.90. The van der Waals surface area contributed by atoms with Gasteiger partial charge in [-0.25, -0.2) is 14.4 Å². The summed E-state index contributed by atoms with van der Waals surface area (Å²) in [5.74, 6) is -0.548. The van der Waals surface area contributed by atoms with Crippen LogP contribution in [0.3, 0.4) is 0 Å². The lowest BCUT2D eigenvalue weighted by atomic mass is 10.1. The molecule has 126 valence electrons. The Labute approximate surface area is 141 Å². The smallest absolute Gasteiger partial charge is 0.223 e. The van der Waals surface area contributed by atoms with Crippen LogP contribution in [0.25, 0.3) is 11.3 Å². The highest BCUT2D eigenvalue weighted by Crippen LogP contribution is 2.24. The molecule has 1 aromatic carbocycles. The van der Waals surface area contributed by atoms with Gasteiger partial charge in [0, 0.05) is 11.3 Å². The second kappa shape index (κ2) is 10.1. The second-order valence-electron chi connectivity index (χ2n) is 5.09. The van der Waals surface area contributed by atoms with Gasteiger partial charge in [0.15, 0.2) is 5.82 Å². The molecule has 0 amide bonds. The maximum atomic E-state index is 13.6. The van der Waals surface area contributed by atoms with Gasteiger partial charge >= 0.3 is 0 Å². The van der Waals surface area contributed by atoms with Crippen molar-refractivity contribution in [2.24, 2.45) is 0 Å². The first-order valence-corrected chi connectivity index (χ1v) is 8.08. The topological polar surface area (TPSA) is 58.0 Å². The van der Waals surface area contributed by atoms with Gasteiger partial charge in [-0.15, -0.1) is 0 Å². The molecule has 2 aromatic rings. The average molecular weight is 340 g/mol. The molecule has 1 aromatic heterocycles. The van der Waals surface area contributed by atoms with Crippen molar-refractivity contribution in [2.75, 3.05) is 5.32 Å². The lowest BCUT2D eigenvalue weighted by molar-refractivity contribution is 0.224. The van der Waals surface area contributed by atoms with Gasteiger partial charge < -0.3 is 10.4 Å². The molecule has 23 heavy (non-hydrogen) atoms. The molecular formula is C17H23ClFN3O. The molecule has 0 saturated heterocycles. The number of nitrogens with one attached hydrogen (secondary N) is 1. The highest BCUT2D eigenvalue weighted by Gasteiger charge is 2.09. The molecule has 0 bridgehead atoms. The maximum Gasteiger partial charge on any atom is 0.223 e. The van der Waals surface area contributed by atoms with E-state index in [1.54, 1.807) is 31.2 Å². The lowest BCUT2D eigenvalue weighted by Gasteiger charge is -2.10. The van der Waals surface area contributed by atoms with Crippen LogP contribution in [0.2, 0.25) is 5.28 Å². The molecular weight excluding hydrogens is 317 g/mol. The molecule has 6 heteroatoms. The third-order valence-electron chi connectivity index (χ3n) is 2.93. The van der Waals surface area contributed by atoms with E-state index in [-0.39, 0.29) is 11.0 Å². The number of rotatable bonds is 5. The van der Waals surface area contributed by atoms with E-state index in [0.717, 1.165) is 6.20 Å². The number of aliphatic hydroxyl groups is 1. The van der Waals surface area contributed by atoms with Crippen molar-refractivity contribution in [1.29, 1.82) is 0 Å². The van der Waals surface area contributed by atoms with Crippen LogP contribution < -0.4 is 5.32 Å². The third kappa shape index (κ3) is 6.93. The van der Waals surface area contributed by atoms with Crippen LogP contribution in [0.5, 0.6) is 0 Å². The van der Waals surface area contributed by atoms with Crippen LogP contribution in [0.15, 0.2) is 30.5 Å². The first kappa shape index (κ1) is 19.3. The molecule has 1 unspecified atom stereocenters. The van der Waals surface area contributed by atoms with Gasteiger partial charge in [0.05, 0.1) is 6.20 Å². The van der Waals surface area contributed by atoms with Gasteiger partial charge in [-0.05, 0) is 30.7 Å². The summed E-state index contributed by atoms with van der Waals surface area (Å²) in [6, 6.07) is 6.87. The summed E-state index contributed by atoms with van der Waals surface area (Å²) >= 11 is 5.65. The Morgan fingerprint density at radius 2 is 2.00 bits per heavy atom. The Morgan fingerprint density at radius 3 is 2.57 bits per heavy atom. The molecule has 0 fully saturated rings. The van der Waals surface area contributed by atoms with Gasteiger partial charge in [-0.1, -0.05) is 45.2 Å². The van der Waals surface area contributed by atoms with Gasteiger partial charge in [0.2, 0.25) is 5.28 Å². The van der Waals surface area contributed by atoms with Crippen molar-refractivity contribution in [3.05, 3.63) is 41.6 Å². The van der Waals surface area contributed by atoms with E-state index < -0.39 is 12.0 Å². The van der Waals surface area contributed by atoms with Crippen LogP contribution in [0, 0.1) is 5.82 Å². The van der Waals surface area contributed by atoms with Gasteiger partial charge in [0.25, 0.3) is 0 Å². The van der Waals surface area contributed by atoms with E-state index in [2.05, 4.69) is 29.1 Å². The first-order chi connectivity index (χ1) is 11.0. The monoisotopic (exact) mass is 339 g/mol. The van der Waals surface area contributed by atoms with Crippen LogP contribution in [0.4, 0.5) is 10.1 Å². The summed E-state index contributed by atoms with van der Waals surface area (Å²) in [6.45, 7) is 6.02. The molecule has 0 radical (unpaired) electrons. The molecule has 4 nitrogen and oxygen atoms in total. The van der Waals surface area contributed by atoms with E-state index in [0.29, 0.717) is 11.3 Å². The summed E-state index contributed by atoms with van der Waals surface area (Å²) in [4.78, 5) is 7.41. The first-order valence-electron chi connectivity index (χ1n) is 7.71. The van der Waals surface area contributed by atoms with Crippen molar-refractivity contribution >= 4 is 17.3 Å². The fraction of sp³-hybridized carbons (Fsp3) is 0.412. The number of hydrogen-bond acceptors (Lipinski definition) is 4. The summed E-state index contributed by atoms with van der Waals surface area (Å²) in [7, 11) is 0. The molecule has 2 N–H and O–H groups in total. The third-order valence-corrected chi connectivity index (χ3v) is 3.12. The molecule has 0 aliphatic heterocycles. The average Bonchev–Trinajstić information content (AvgIpc) is 2.51. The second-order valence-corrected chi connectivity index (χ2v) is 5.43. The number of anilines is 1. The molecule has 1 atom stereocenters. The van der Waals surface area contributed by atoms with Crippen LogP contribution in [0.1, 0.15) is 40.0 Å². The minimum Gasteiger partial charge on any atom is -0.374 e. The van der Waals surface area contributed by atoms with Crippen molar-refractivity contribution in [3.8, 4) is 11.3 Å². The van der Waals surface area contributed by atoms with E-state index in [1.807, 2.05) is 0 Å². The normalized spacial score (nSPS) is 11.4. The minimum absolute atomic E-state index is 0.0136. The lowest BCUT2D eigenvalue weighted by Crippen LogP contribution is -2.13. The number of aromatic nitrogens is 2. The predicted octanol–water partition coefficient (Wildman–Crippen LogP) is 4.88. The number of aliphatic hydroxyl groups excluding tert-OH is 1. The zero-order chi connectivity index (χ0) is 17.2. The largest absolute Gasteiger partial charge is 0.374 e. The van der Waals surface area contributed by atoms with Crippen molar-refractivity contribution in [1.82, 2.24) is 9.97 Å². The Hall–Kier alpha value is -1.72. The van der Waals surface area contributed by atoms with Crippen molar-refractivity contribution in [3.63, 3.8) is 0 Å². The molecule has 2 rings (SSSR count). The van der Waals surface area contributed by atoms with Crippen molar-refractivity contribution < 1.29 is 9.50 Å². The SMILES string of the molecule is CC(O)Nc1cccc(-c2nc(Cl)ncc2F)c1.CCCCC. The van der Waals surface area contributed by atoms with E-state index in [4.69, 9.17) is 11.6 Å². The van der Waals surface area contributed by atoms with Crippen LogP contribution >= 0.6 is 11.6 Å².